The lowest BCUT2D eigenvalue weighted by Gasteiger charge is -1.90. The van der Waals surface area contributed by atoms with Gasteiger partial charge in [0.1, 0.15) is 0 Å². The maximum absolute atomic E-state index is 10.4. The van der Waals surface area contributed by atoms with Gasteiger partial charge in [-0.3, -0.25) is 4.79 Å². The summed E-state index contributed by atoms with van der Waals surface area (Å²) in [5, 5.41) is 0. The SMILES string of the molecule is CCCCCC=CCC=CCC=COC(C)=O. The Kier molecular flexibility index (Phi) is 11.8. The van der Waals surface area contributed by atoms with Crippen molar-refractivity contribution in [2.45, 2.75) is 52.4 Å². The average molecular weight is 236 g/mol. The first-order chi connectivity index (χ1) is 8.27. The lowest BCUT2D eigenvalue weighted by atomic mass is 10.2. The number of hydrogen-bond donors (Lipinski definition) is 0. The Bertz CT molecular complexity index is 262. The van der Waals surface area contributed by atoms with Crippen molar-refractivity contribution in [1.29, 1.82) is 0 Å². The molecule has 0 heterocycles. The van der Waals surface area contributed by atoms with Crippen molar-refractivity contribution >= 4 is 5.97 Å². The van der Waals surface area contributed by atoms with E-state index in [-0.39, 0.29) is 5.97 Å². The van der Waals surface area contributed by atoms with Crippen LogP contribution in [0.4, 0.5) is 0 Å². The topological polar surface area (TPSA) is 26.3 Å². The van der Waals surface area contributed by atoms with Gasteiger partial charge in [0.05, 0.1) is 6.26 Å². The van der Waals surface area contributed by atoms with Gasteiger partial charge >= 0.3 is 5.97 Å². The van der Waals surface area contributed by atoms with Gasteiger partial charge < -0.3 is 4.74 Å². The molecule has 0 fully saturated rings. The van der Waals surface area contributed by atoms with Crippen molar-refractivity contribution in [3.63, 3.8) is 0 Å². The predicted octanol–water partition coefficient (Wildman–Crippen LogP) is 4.54. The van der Waals surface area contributed by atoms with Crippen molar-refractivity contribution in [1.82, 2.24) is 0 Å². The molecule has 0 aliphatic carbocycles. The van der Waals surface area contributed by atoms with E-state index in [0.717, 1.165) is 12.8 Å². The highest BCUT2D eigenvalue weighted by Crippen LogP contribution is 2.00. The van der Waals surface area contributed by atoms with Crippen molar-refractivity contribution in [3.05, 3.63) is 36.6 Å². The molecule has 2 nitrogen and oxygen atoms in total. The van der Waals surface area contributed by atoms with E-state index in [2.05, 4.69) is 36.0 Å². The smallest absolute Gasteiger partial charge is 0.307 e. The molecule has 0 atom stereocenters. The minimum absolute atomic E-state index is 0.278. The van der Waals surface area contributed by atoms with E-state index < -0.39 is 0 Å². The summed E-state index contributed by atoms with van der Waals surface area (Å²) in [6.07, 6.45) is 18.8. The van der Waals surface area contributed by atoms with Crippen LogP contribution < -0.4 is 0 Å². The Balaban J connectivity index is 3.35. The van der Waals surface area contributed by atoms with Gasteiger partial charge in [0.15, 0.2) is 0 Å². The zero-order chi connectivity index (χ0) is 12.8. The van der Waals surface area contributed by atoms with Crippen LogP contribution in [-0.2, 0) is 9.53 Å². The molecule has 0 aromatic carbocycles. The highest BCUT2D eigenvalue weighted by atomic mass is 16.5. The zero-order valence-electron chi connectivity index (χ0n) is 11.0. The minimum atomic E-state index is -0.278. The molecule has 0 N–H and O–H groups in total. The van der Waals surface area contributed by atoms with Crippen LogP contribution in [0, 0.1) is 0 Å². The first-order valence-corrected chi connectivity index (χ1v) is 6.39. The molecule has 0 spiro atoms. The second-order valence-electron chi connectivity index (χ2n) is 3.89. The molecule has 0 radical (unpaired) electrons. The van der Waals surface area contributed by atoms with Gasteiger partial charge in [0, 0.05) is 6.92 Å². The third-order valence-electron chi connectivity index (χ3n) is 2.18. The van der Waals surface area contributed by atoms with Crippen LogP contribution in [0.25, 0.3) is 0 Å². The highest BCUT2D eigenvalue weighted by molar-refractivity contribution is 5.66. The quantitative estimate of drug-likeness (QED) is 0.254. The second-order valence-corrected chi connectivity index (χ2v) is 3.89. The summed E-state index contributed by atoms with van der Waals surface area (Å²) < 4.78 is 4.66. The van der Waals surface area contributed by atoms with Crippen molar-refractivity contribution in [3.8, 4) is 0 Å². The molecule has 0 aliphatic heterocycles. The molecule has 0 aromatic heterocycles. The molecule has 0 bridgehead atoms. The number of hydrogen-bond acceptors (Lipinski definition) is 2. The van der Waals surface area contributed by atoms with E-state index in [4.69, 9.17) is 0 Å². The Morgan fingerprint density at radius 3 is 2.29 bits per heavy atom. The number of ether oxygens (including phenoxy) is 1. The Labute approximate surface area is 105 Å². The summed E-state index contributed by atoms with van der Waals surface area (Å²) in [5.41, 5.74) is 0. The molecule has 0 unspecified atom stereocenters. The average Bonchev–Trinajstić information content (AvgIpc) is 2.30. The van der Waals surface area contributed by atoms with Gasteiger partial charge in [-0.05, 0) is 31.8 Å². The summed E-state index contributed by atoms with van der Waals surface area (Å²) in [4.78, 5) is 10.4. The van der Waals surface area contributed by atoms with Crippen LogP contribution in [0.3, 0.4) is 0 Å². The molecule has 17 heavy (non-hydrogen) atoms. The molecule has 0 saturated heterocycles. The van der Waals surface area contributed by atoms with Gasteiger partial charge in [-0.15, -0.1) is 0 Å². The minimum Gasteiger partial charge on any atom is -0.435 e. The molecule has 0 aliphatic rings. The molecule has 96 valence electrons. The predicted molar refractivity (Wildman–Crippen MR) is 72.6 cm³/mol. The van der Waals surface area contributed by atoms with Gasteiger partial charge in [-0.25, -0.2) is 0 Å². The van der Waals surface area contributed by atoms with Gasteiger partial charge in [-0.1, -0.05) is 44.1 Å². The number of carbonyl (C=O) groups excluding carboxylic acids is 1. The lowest BCUT2D eigenvalue weighted by Crippen LogP contribution is -1.88. The first kappa shape index (κ1) is 15.7. The third-order valence-corrected chi connectivity index (χ3v) is 2.18. The van der Waals surface area contributed by atoms with Crippen molar-refractivity contribution < 1.29 is 9.53 Å². The van der Waals surface area contributed by atoms with Gasteiger partial charge in [0.25, 0.3) is 0 Å². The molecule has 0 saturated carbocycles. The molecular formula is C15H24O2. The monoisotopic (exact) mass is 236 g/mol. The molecule has 2 heteroatoms. The first-order valence-electron chi connectivity index (χ1n) is 6.39. The summed E-state index contributed by atoms with van der Waals surface area (Å²) in [7, 11) is 0. The maximum Gasteiger partial charge on any atom is 0.307 e. The molecule has 0 rings (SSSR count). The van der Waals surface area contributed by atoms with E-state index in [9.17, 15) is 4.79 Å². The van der Waals surface area contributed by atoms with Crippen LogP contribution in [0.1, 0.15) is 52.4 Å². The summed E-state index contributed by atoms with van der Waals surface area (Å²) in [6, 6.07) is 0. The van der Waals surface area contributed by atoms with E-state index in [1.165, 1.54) is 38.9 Å². The largest absolute Gasteiger partial charge is 0.435 e. The zero-order valence-corrected chi connectivity index (χ0v) is 11.0. The fourth-order valence-electron chi connectivity index (χ4n) is 1.28. The van der Waals surface area contributed by atoms with E-state index in [1.54, 1.807) is 0 Å². The van der Waals surface area contributed by atoms with Crippen LogP contribution >= 0.6 is 0 Å². The van der Waals surface area contributed by atoms with Crippen molar-refractivity contribution in [2.24, 2.45) is 0 Å². The Hall–Kier alpha value is -1.31. The van der Waals surface area contributed by atoms with Crippen LogP contribution in [0.2, 0.25) is 0 Å². The fraction of sp³-hybridized carbons (Fsp3) is 0.533. The van der Waals surface area contributed by atoms with E-state index in [0.29, 0.717) is 0 Å². The Morgan fingerprint density at radius 1 is 1.00 bits per heavy atom. The summed E-state index contributed by atoms with van der Waals surface area (Å²) >= 11 is 0. The second kappa shape index (κ2) is 12.8. The summed E-state index contributed by atoms with van der Waals surface area (Å²) in [5.74, 6) is -0.278. The van der Waals surface area contributed by atoms with Gasteiger partial charge in [-0.2, -0.15) is 0 Å². The number of esters is 1. The van der Waals surface area contributed by atoms with Crippen molar-refractivity contribution in [2.75, 3.05) is 0 Å². The number of carbonyl (C=O) groups is 1. The standard InChI is InChI=1S/C15H24O2/c1-3-4-5-6-7-8-9-10-11-12-13-14-17-15(2)16/h7-8,10-11,13-14H,3-6,9,12H2,1-2H3. The number of unbranched alkanes of at least 4 members (excludes halogenated alkanes) is 3. The van der Waals surface area contributed by atoms with Crippen LogP contribution in [0.5, 0.6) is 0 Å². The van der Waals surface area contributed by atoms with E-state index >= 15 is 0 Å². The van der Waals surface area contributed by atoms with E-state index in [1.807, 2.05) is 6.08 Å². The number of rotatable bonds is 9. The third kappa shape index (κ3) is 14.7. The van der Waals surface area contributed by atoms with Gasteiger partial charge in [0.2, 0.25) is 0 Å². The van der Waals surface area contributed by atoms with Crippen LogP contribution in [0.15, 0.2) is 36.6 Å². The van der Waals surface area contributed by atoms with Crippen LogP contribution in [-0.4, -0.2) is 5.97 Å². The Morgan fingerprint density at radius 2 is 1.65 bits per heavy atom. The lowest BCUT2D eigenvalue weighted by molar-refractivity contribution is -0.135. The highest BCUT2D eigenvalue weighted by Gasteiger charge is 1.83. The molecular weight excluding hydrogens is 212 g/mol. The summed E-state index contributed by atoms with van der Waals surface area (Å²) in [6.45, 7) is 3.61. The number of allylic oxidation sites excluding steroid dienone is 5. The molecule has 0 amide bonds. The normalized spacial score (nSPS) is 11.9. The molecule has 0 aromatic rings. The fourth-order valence-corrected chi connectivity index (χ4v) is 1.28. The maximum atomic E-state index is 10.4.